The Hall–Kier alpha value is 0.620. The van der Waals surface area contributed by atoms with Gasteiger partial charge in [-0.25, -0.2) is 0 Å². The molecule has 0 aromatic heterocycles. The molecule has 4 heteroatoms. The summed E-state index contributed by atoms with van der Waals surface area (Å²) in [6, 6.07) is 0. The molecule has 0 fully saturated rings. The molecule has 0 spiro atoms. The van der Waals surface area contributed by atoms with Crippen molar-refractivity contribution in [3.63, 3.8) is 0 Å². The Labute approximate surface area is 71.3 Å². The summed E-state index contributed by atoms with van der Waals surface area (Å²) in [6.45, 7) is 2.22. The SMILES string of the molecule is CNCCSSCCNC. The van der Waals surface area contributed by atoms with E-state index in [2.05, 4.69) is 10.6 Å². The Morgan fingerprint density at radius 3 is 1.60 bits per heavy atom. The third kappa shape index (κ3) is 8.62. The summed E-state index contributed by atoms with van der Waals surface area (Å²) in [5.74, 6) is 2.40. The van der Waals surface area contributed by atoms with Crippen LogP contribution in [0.15, 0.2) is 0 Å². The van der Waals surface area contributed by atoms with E-state index < -0.39 is 0 Å². The second kappa shape index (κ2) is 9.62. The highest BCUT2D eigenvalue weighted by molar-refractivity contribution is 8.76. The third-order valence-corrected chi connectivity index (χ3v) is 3.36. The molecule has 10 heavy (non-hydrogen) atoms. The van der Waals surface area contributed by atoms with Crippen molar-refractivity contribution >= 4 is 21.6 Å². The minimum atomic E-state index is 1.11. The Balaban J connectivity index is 2.65. The highest BCUT2D eigenvalue weighted by atomic mass is 33.1. The van der Waals surface area contributed by atoms with Gasteiger partial charge in [-0.3, -0.25) is 0 Å². The van der Waals surface area contributed by atoms with Gasteiger partial charge in [-0.05, 0) is 14.1 Å². The van der Waals surface area contributed by atoms with Gasteiger partial charge >= 0.3 is 0 Å². The molecule has 0 saturated heterocycles. The van der Waals surface area contributed by atoms with Crippen LogP contribution < -0.4 is 10.6 Å². The maximum atomic E-state index is 3.11. The molecule has 2 nitrogen and oxygen atoms in total. The van der Waals surface area contributed by atoms with Gasteiger partial charge in [0.25, 0.3) is 0 Å². The third-order valence-electron chi connectivity index (χ3n) is 0.954. The number of hydrogen-bond acceptors (Lipinski definition) is 4. The van der Waals surface area contributed by atoms with Crippen LogP contribution in [-0.2, 0) is 0 Å². The molecule has 0 aromatic carbocycles. The van der Waals surface area contributed by atoms with Crippen molar-refractivity contribution in [1.29, 1.82) is 0 Å². The van der Waals surface area contributed by atoms with Crippen molar-refractivity contribution in [2.75, 3.05) is 38.7 Å². The Bertz CT molecular complexity index is 53.7. The molecule has 0 aliphatic heterocycles. The maximum Gasteiger partial charge on any atom is 0.0162 e. The predicted molar refractivity (Wildman–Crippen MR) is 52.8 cm³/mol. The predicted octanol–water partition coefficient (Wildman–Crippen LogP) is 0.807. The minimum Gasteiger partial charge on any atom is -0.319 e. The lowest BCUT2D eigenvalue weighted by atomic mass is 10.8. The monoisotopic (exact) mass is 180 g/mol. The van der Waals surface area contributed by atoms with Gasteiger partial charge in [0.15, 0.2) is 0 Å². The van der Waals surface area contributed by atoms with E-state index in [0.29, 0.717) is 0 Å². The van der Waals surface area contributed by atoms with Crippen molar-refractivity contribution < 1.29 is 0 Å². The first-order valence-electron chi connectivity index (χ1n) is 3.45. The normalized spacial score (nSPS) is 10.2. The first-order valence-corrected chi connectivity index (χ1v) is 5.94. The fraction of sp³-hybridized carbons (Fsp3) is 1.00. The summed E-state index contributed by atoms with van der Waals surface area (Å²) in [4.78, 5) is 0. The first kappa shape index (κ1) is 10.6. The highest BCUT2D eigenvalue weighted by Crippen LogP contribution is 2.18. The fourth-order valence-corrected chi connectivity index (χ4v) is 2.42. The van der Waals surface area contributed by atoms with Gasteiger partial charge in [-0.15, -0.1) is 0 Å². The maximum absolute atomic E-state index is 3.11. The Morgan fingerprint density at radius 1 is 0.900 bits per heavy atom. The van der Waals surface area contributed by atoms with Crippen LogP contribution in [0.1, 0.15) is 0 Å². The van der Waals surface area contributed by atoms with Crippen LogP contribution in [0.5, 0.6) is 0 Å². The van der Waals surface area contributed by atoms with Crippen LogP contribution in [-0.4, -0.2) is 38.7 Å². The van der Waals surface area contributed by atoms with Crippen molar-refractivity contribution in [3.8, 4) is 0 Å². The molecular formula is C6H16N2S2. The van der Waals surface area contributed by atoms with Crippen LogP contribution in [0.4, 0.5) is 0 Å². The van der Waals surface area contributed by atoms with E-state index in [9.17, 15) is 0 Å². The van der Waals surface area contributed by atoms with Crippen molar-refractivity contribution in [3.05, 3.63) is 0 Å². The lowest BCUT2D eigenvalue weighted by Crippen LogP contribution is -2.10. The molecule has 2 N–H and O–H groups in total. The molecule has 62 valence electrons. The number of nitrogens with one attached hydrogen (secondary N) is 2. The van der Waals surface area contributed by atoms with Gasteiger partial charge in [-0.1, -0.05) is 21.6 Å². The molecule has 0 saturated carbocycles. The Kier molecular flexibility index (Phi) is 10.2. The average Bonchev–Trinajstić information content (AvgIpc) is 1.97. The van der Waals surface area contributed by atoms with Gasteiger partial charge in [0, 0.05) is 24.6 Å². The molecule has 0 atom stereocenters. The van der Waals surface area contributed by atoms with Crippen LogP contribution in [0, 0.1) is 0 Å². The van der Waals surface area contributed by atoms with Crippen molar-refractivity contribution in [1.82, 2.24) is 10.6 Å². The standard InChI is InChI=1S/C6H16N2S2/c1-7-3-5-9-10-6-4-8-2/h7-8H,3-6H2,1-2H3. The van der Waals surface area contributed by atoms with E-state index in [0.717, 1.165) is 13.1 Å². The van der Waals surface area contributed by atoms with Crippen molar-refractivity contribution in [2.24, 2.45) is 0 Å². The van der Waals surface area contributed by atoms with E-state index in [1.165, 1.54) is 11.5 Å². The van der Waals surface area contributed by atoms with Gasteiger partial charge < -0.3 is 10.6 Å². The molecule has 0 rings (SSSR count). The molecule has 0 aromatic rings. The zero-order valence-electron chi connectivity index (χ0n) is 6.64. The second-order valence-corrected chi connectivity index (χ2v) is 4.55. The molecule has 0 heterocycles. The molecule has 0 aliphatic rings. The van der Waals surface area contributed by atoms with Crippen LogP contribution in [0.3, 0.4) is 0 Å². The van der Waals surface area contributed by atoms with E-state index in [4.69, 9.17) is 0 Å². The summed E-state index contributed by atoms with van der Waals surface area (Å²) in [5.41, 5.74) is 0. The molecule has 0 radical (unpaired) electrons. The average molecular weight is 180 g/mol. The highest BCUT2D eigenvalue weighted by Gasteiger charge is 1.87. The summed E-state index contributed by atoms with van der Waals surface area (Å²) in [7, 11) is 7.83. The lowest BCUT2D eigenvalue weighted by Gasteiger charge is -1.99. The second-order valence-electron chi connectivity index (χ2n) is 1.85. The summed E-state index contributed by atoms with van der Waals surface area (Å²) < 4.78 is 0. The van der Waals surface area contributed by atoms with Crippen LogP contribution in [0.2, 0.25) is 0 Å². The van der Waals surface area contributed by atoms with Crippen molar-refractivity contribution in [2.45, 2.75) is 0 Å². The van der Waals surface area contributed by atoms with Crippen LogP contribution >= 0.6 is 21.6 Å². The number of rotatable bonds is 7. The summed E-state index contributed by atoms with van der Waals surface area (Å²) in [6.07, 6.45) is 0. The fourth-order valence-electron chi connectivity index (χ4n) is 0.405. The van der Waals surface area contributed by atoms with E-state index in [1.807, 2.05) is 35.7 Å². The van der Waals surface area contributed by atoms with E-state index in [1.54, 1.807) is 0 Å². The lowest BCUT2D eigenvalue weighted by molar-refractivity contribution is 0.871. The zero-order chi connectivity index (χ0) is 7.66. The zero-order valence-corrected chi connectivity index (χ0v) is 8.28. The van der Waals surface area contributed by atoms with Gasteiger partial charge in [-0.2, -0.15) is 0 Å². The quantitative estimate of drug-likeness (QED) is 0.447. The smallest absolute Gasteiger partial charge is 0.0162 e. The topological polar surface area (TPSA) is 24.1 Å². The number of hydrogen-bond donors (Lipinski definition) is 2. The van der Waals surface area contributed by atoms with Gasteiger partial charge in [0.2, 0.25) is 0 Å². The van der Waals surface area contributed by atoms with Crippen LogP contribution in [0.25, 0.3) is 0 Å². The van der Waals surface area contributed by atoms with Gasteiger partial charge in [0.05, 0.1) is 0 Å². The molecule has 0 aliphatic carbocycles. The molecule has 0 bridgehead atoms. The molecule has 0 unspecified atom stereocenters. The largest absolute Gasteiger partial charge is 0.319 e. The molecule has 0 amide bonds. The summed E-state index contributed by atoms with van der Waals surface area (Å²) >= 11 is 0. The van der Waals surface area contributed by atoms with E-state index >= 15 is 0 Å². The van der Waals surface area contributed by atoms with E-state index in [-0.39, 0.29) is 0 Å². The first-order chi connectivity index (χ1) is 4.91. The minimum absolute atomic E-state index is 1.11. The summed E-state index contributed by atoms with van der Waals surface area (Å²) in [5, 5.41) is 6.22. The molecular weight excluding hydrogens is 164 g/mol. The Morgan fingerprint density at radius 2 is 1.30 bits per heavy atom. The van der Waals surface area contributed by atoms with Gasteiger partial charge in [0.1, 0.15) is 0 Å².